The van der Waals surface area contributed by atoms with Crippen molar-refractivity contribution < 1.29 is 9.53 Å². The van der Waals surface area contributed by atoms with Gasteiger partial charge in [0, 0.05) is 6.42 Å². The number of rotatable bonds is 6. The van der Waals surface area contributed by atoms with Crippen molar-refractivity contribution in [3.8, 4) is 5.75 Å². The van der Waals surface area contributed by atoms with Crippen LogP contribution in [0.2, 0.25) is 0 Å². The molecule has 88 valence electrons. The number of likely N-dealkylation sites (N-methyl/N-ethyl adjacent to an activating group) is 1. The lowest BCUT2D eigenvalue weighted by Gasteiger charge is -2.09. The summed E-state index contributed by atoms with van der Waals surface area (Å²) in [6, 6.07) is 6.04. The van der Waals surface area contributed by atoms with Gasteiger partial charge < -0.3 is 10.1 Å². The Labute approximate surface area is 96.8 Å². The summed E-state index contributed by atoms with van der Waals surface area (Å²) in [6.45, 7) is 2.48. The molecule has 1 N–H and O–H groups in total. The van der Waals surface area contributed by atoms with E-state index in [9.17, 15) is 4.79 Å². The zero-order chi connectivity index (χ0) is 12.0. The van der Waals surface area contributed by atoms with Gasteiger partial charge in [0.15, 0.2) is 0 Å². The van der Waals surface area contributed by atoms with Crippen molar-refractivity contribution in [2.24, 2.45) is 0 Å². The highest BCUT2D eigenvalue weighted by atomic mass is 16.5. The number of benzene rings is 1. The normalized spacial score (nSPS) is 10.2. The first kappa shape index (κ1) is 12.7. The average Bonchev–Trinajstić information content (AvgIpc) is 2.27. The monoisotopic (exact) mass is 221 g/mol. The molecule has 0 saturated heterocycles. The highest BCUT2D eigenvalue weighted by Crippen LogP contribution is 2.21. The lowest BCUT2D eigenvalue weighted by atomic mass is 10.0. The van der Waals surface area contributed by atoms with E-state index >= 15 is 0 Å². The van der Waals surface area contributed by atoms with E-state index in [0.29, 0.717) is 13.0 Å². The summed E-state index contributed by atoms with van der Waals surface area (Å²) in [5, 5.41) is 2.86. The molecule has 0 saturated carbocycles. The molecule has 0 aliphatic heterocycles. The third-order valence-corrected chi connectivity index (χ3v) is 2.48. The predicted octanol–water partition coefficient (Wildman–Crippen LogP) is 1.72. The van der Waals surface area contributed by atoms with Crippen molar-refractivity contribution in [2.45, 2.75) is 19.8 Å². The molecule has 0 aliphatic carbocycles. The van der Waals surface area contributed by atoms with E-state index < -0.39 is 0 Å². The number of hydrogen-bond acceptors (Lipinski definition) is 3. The van der Waals surface area contributed by atoms with Gasteiger partial charge in [0.05, 0.1) is 13.7 Å². The lowest BCUT2D eigenvalue weighted by molar-refractivity contribution is -0.118. The van der Waals surface area contributed by atoms with Crippen molar-refractivity contribution in [1.29, 1.82) is 0 Å². The minimum atomic E-state index is 0.228. The maximum atomic E-state index is 11.4. The van der Waals surface area contributed by atoms with Crippen LogP contribution in [-0.4, -0.2) is 26.5 Å². The lowest BCUT2D eigenvalue weighted by Crippen LogP contribution is -2.18. The highest BCUT2D eigenvalue weighted by molar-refractivity contribution is 5.80. The van der Waals surface area contributed by atoms with Crippen molar-refractivity contribution in [3.63, 3.8) is 0 Å². The smallest absolute Gasteiger partial charge is 0.146 e. The third kappa shape index (κ3) is 3.66. The average molecular weight is 221 g/mol. The summed E-state index contributed by atoms with van der Waals surface area (Å²) in [5.41, 5.74) is 2.30. The van der Waals surface area contributed by atoms with Crippen LogP contribution in [0.25, 0.3) is 0 Å². The van der Waals surface area contributed by atoms with E-state index in [0.717, 1.165) is 17.7 Å². The standard InChI is InChI=1S/C13H19NO2/c1-10-4-7-13(16-3)11(8-10)5-6-12(15)9-14-2/h4,7-8,14H,5-6,9H2,1-3H3. The van der Waals surface area contributed by atoms with Gasteiger partial charge in [-0.1, -0.05) is 17.7 Å². The summed E-state index contributed by atoms with van der Waals surface area (Å²) >= 11 is 0. The fourth-order valence-electron chi connectivity index (χ4n) is 1.66. The van der Waals surface area contributed by atoms with Crippen LogP contribution in [0.1, 0.15) is 17.5 Å². The number of ketones is 1. The van der Waals surface area contributed by atoms with Crippen LogP contribution >= 0.6 is 0 Å². The highest BCUT2D eigenvalue weighted by Gasteiger charge is 2.06. The molecule has 1 aromatic carbocycles. The number of methoxy groups -OCH3 is 1. The quantitative estimate of drug-likeness (QED) is 0.795. The summed E-state index contributed by atoms with van der Waals surface area (Å²) < 4.78 is 5.27. The first-order valence-electron chi connectivity index (χ1n) is 5.47. The van der Waals surface area contributed by atoms with Crippen LogP contribution in [0, 0.1) is 6.92 Å². The zero-order valence-corrected chi connectivity index (χ0v) is 10.2. The second-order valence-corrected chi connectivity index (χ2v) is 3.88. The Kier molecular flexibility index (Phi) is 4.99. The molecule has 0 spiro atoms. The molecule has 16 heavy (non-hydrogen) atoms. The second kappa shape index (κ2) is 6.28. The first-order chi connectivity index (χ1) is 7.67. The maximum absolute atomic E-state index is 11.4. The SMILES string of the molecule is CNCC(=O)CCc1cc(C)ccc1OC. The maximum Gasteiger partial charge on any atom is 0.146 e. The van der Waals surface area contributed by atoms with Crippen LogP contribution in [-0.2, 0) is 11.2 Å². The minimum absolute atomic E-state index is 0.228. The van der Waals surface area contributed by atoms with Gasteiger partial charge in [-0.2, -0.15) is 0 Å². The van der Waals surface area contributed by atoms with Crippen molar-refractivity contribution in [1.82, 2.24) is 5.32 Å². The third-order valence-electron chi connectivity index (χ3n) is 2.48. The predicted molar refractivity (Wildman–Crippen MR) is 65.0 cm³/mol. The van der Waals surface area contributed by atoms with E-state index in [2.05, 4.69) is 11.4 Å². The van der Waals surface area contributed by atoms with E-state index in [1.54, 1.807) is 14.2 Å². The zero-order valence-electron chi connectivity index (χ0n) is 10.2. The van der Waals surface area contributed by atoms with Crippen LogP contribution in [0.3, 0.4) is 0 Å². The fourth-order valence-corrected chi connectivity index (χ4v) is 1.66. The Morgan fingerprint density at radius 3 is 2.81 bits per heavy atom. The molecule has 0 bridgehead atoms. The van der Waals surface area contributed by atoms with Crippen LogP contribution in [0.4, 0.5) is 0 Å². The topological polar surface area (TPSA) is 38.3 Å². The van der Waals surface area contributed by atoms with Gasteiger partial charge >= 0.3 is 0 Å². The fraction of sp³-hybridized carbons (Fsp3) is 0.462. The summed E-state index contributed by atoms with van der Waals surface area (Å²) in [5.74, 6) is 1.09. The van der Waals surface area contributed by atoms with Crippen molar-refractivity contribution in [3.05, 3.63) is 29.3 Å². The van der Waals surface area contributed by atoms with E-state index in [-0.39, 0.29) is 5.78 Å². The summed E-state index contributed by atoms with van der Waals surface area (Å²) in [6.07, 6.45) is 1.30. The molecule has 1 rings (SSSR count). The number of nitrogens with one attached hydrogen (secondary N) is 1. The van der Waals surface area contributed by atoms with Gasteiger partial charge in [0.25, 0.3) is 0 Å². The van der Waals surface area contributed by atoms with Gasteiger partial charge in [0.2, 0.25) is 0 Å². The van der Waals surface area contributed by atoms with Crippen LogP contribution < -0.4 is 10.1 Å². The van der Waals surface area contributed by atoms with E-state index in [1.165, 1.54) is 5.56 Å². The van der Waals surface area contributed by atoms with Gasteiger partial charge in [-0.3, -0.25) is 4.79 Å². The molecule has 0 heterocycles. The molecule has 0 aliphatic rings. The molecule has 3 heteroatoms. The molecule has 3 nitrogen and oxygen atoms in total. The number of aryl methyl sites for hydroxylation is 2. The van der Waals surface area contributed by atoms with Gasteiger partial charge in [-0.15, -0.1) is 0 Å². The first-order valence-corrected chi connectivity index (χ1v) is 5.47. The Hall–Kier alpha value is -1.35. The van der Waals surface area contributed by atoms with Gasteiger partial charge in [-0.25, -0.2) is 0 Å². The minimum Gasteiger partial charge on any atom is -0.496 e. The number of ether oxygens (including phenoxy) is 1. The number of hydrogen-bond donors (Lipinski definition) is 1. The molecule has 0 amide bonds. The molecule has 0 fully saturated rings. The molecule has 0 aromatic heterocycles. The molecule has 0 atom stereocenters. The second-order valence-electron chi connectivity index (χ2n) is 3.88. The summed E-state index contributed by atoms with van der Waals surface area (Å²) in [4.78, 5) is 11.4. The molecular formula is C13H19NO2. The van der Waals surface area contributed by atoms with E-state index in [1.807, 2.05) is 19.1 Å². The van der Waals surface area contributed by atoms with Gasteiger partial charge in [-0.05, 0) is 32.0 Å². The van der Waals surface area contributed by atoms with Crippen molar-refractivity contribution in [2.75, 3.05) is 20.7 Å². The largest absolute Gasteiger partial charge is 0.496 e. The molecule has 1 aromatic rings. The Balaban J connectivity index is 2.65. The van der Waals surface area contributed by atoms with Gasteiger partial charge in [0.1, 0.15) is 11.5 Å². The summed E-state index contributed by atoms with van der Waals surface area (Å²) in [7, 11) is 3.44. The number of carbonyl (C=O) groups excluding carboxylic acids is 1. The number of carbonyl (C=O) groups is 1. The van der Waals surface area contributed by atoms with Crippen LogP contribution in [0.5, 0.6) is 5.75 Å². The Morgan fingerprint density at radius 2 is 2.19 bits per heavy atom. The Bertz CT molecular complexity index is 361. The molecule has 0 unspecified atom stereocenters. The van der Waals surface area contributed by atoms with E-state index in [4.69, 9.17) is 4.74 Å². The molecular weight excluding hydrogens is 202 g/mol. The Morgan fingerprint density at radius 1 is 1.44 bits per heavy atom. The van der Waals surface area contributed by atoms with Crippen molar-refractivity contribution >= 4 is 5.78 Å². The van der Waals surface area contributed by atoms with Crippen LogP contribution in [0.15, 0.2) is 18.2 Å². The molecule has 0 radical (unpaired) electrons. The number of Topliss-reactive ketones (excluding diaryl/α,β-unsaturated/α-hetero) is 1.